The minimum atomic E-state index is -0.272. The molecule has 6 nitrogen and oxygen atoms in total. The molecular weight excluding hydrogens is 426 g/mol. The molecular formula is C28H27N3O3. The first-order valence-corrected chi connectivity index (χ1v) is 11.7. The van der Waals surface area contributed by atoms with Gasteiger partial charge >= 0.3 is 0 Å². The highest BCUT2D eigenvalue weighted by atomic mass is 16.5. The van der Waals surface area contributed by atoms with E-state index in [-0.39, 0.29) is 23.2 Å². The first-order chi connectivity index (χ1) is 16.7. The fourth-order valence-corrected chi connectivity index (χ4v) is 4.85. The van der Waals surface area contributed by atoms with Crippen LogP contribution in [0.3, 0.4) is 0 Å². The number of hydrogen-bond acceptors (Lipinski definition) is 4. The topological polar surface area (TPSA) is 64.4 Å². The van der Waals surface area contributed by atoms with Gasteiger partial charge in [-0.1, -0.05) is 61.4 Å². The summed E-state index contributed by atoms with van der Waals surface area (Å²) in [5.41, 5.74) is 1.60. The van der Waals surface area contributed by atoms with Gasteiger partial charge in [0.05, 0.1) is 19.3 Å². The lowest BCUT2D eigenvalue weighted by molar-refractivity contribution is 0.0655. The zero-order chi connectivity index (χ0) is 23.5. The van der Waals surface area contributed by atoms with Crippen LogP contribution >= 0.6 is 0 Å². The van der Waals surface area contributed by atoms with Gasteiger partial charge in [0, 0.05) is 17.7 Å². The summed E-state index contributed by atoms with van der Waals surface area (Å²) in [7, 11) is 1.66. The maximum atomic E-state index is 13.9. The second-order valence-electron chi connectivity index (χ2n) is 8.64. The molecule has 0 radical (unpaired) electrons. The van der Waals surface area contributed by atoms with E-state index in [1.807, 2.05) is 47.4 Å². The van der Waals surface area contributed by atoms with E-state index in [4.69, 9.17) is 4.74 Å². The van der Waals surface area contributed by atoms with Crippen molar-refractivity contribution >= 4 is 16.7 Å². The Morgan fingerprint density at radius 2 is 1.71 bits per heavy atom. The molecule has 0 saturated heterocycles. The highest BCUT2D eigenvalue weighted by molar-refractivity contribution is 5.93. The van der Waals surface area contributed by atoms with E-state index >= 15 is 0 Å². The van der Waals surface area contributed by atoms with Crippen LogP contribution in [0.1, 0.15) is 41.7 Å². The molecule has 6 heteroatoms. The van der Waals surface area contributed by atoms with Gasteiger partial charge in [0.15, 0.2) is 0 Å². The van der Waals surface area contributed by atoms with E-state index in [0.717, 1.165) is 47.8 Å². The smallest absolute Gasteiger partial charge is 0.274 e. The molecule has 0 atom stereocenters. The summed E-state index contributed by atoms with van der Waals surface area (Å²) in [5.74, 6) is 0.586. The van der Waals surface area contributed by atoms with Gasteiger partial charge in [0.2, 0.25) is 0 Å². The van der Waals surface area contributed by atoms with Crippen molar-refractivity contribution < 1.29 is 9.53 Å². The van der Waals surface area contributed by atoms with Crippen LogP contribution in [0, 0.1) is 0 Å². The molecule has 172 valence electrons. The third kappa shape index (κ3) is 4.19. The van der Waals surface area contributed by atoms with Crippen LogP contribution in [0.5, 0.6) is 5.75 Å². The summed E-state index contributed by atoms with van der Waals surface area (Å²) in [5, 5.41) is 6.64. The van der Waals surface area contributed by atoms with E-state index in [0.29, 0.717) is 12.2 Å². The molecule has 34 heavy (non-hydrogen) atoms. The first kappa shape index (κ1) is 21.9. The molecule has 1 aliphatic carbocycles. The number of carbonyl (C=O) groups is 1. The largest absolute Gasteiger partial charge is 0.496 e. The molecule has 1 fully saturated rings. The van der Waals surface area contributed by atoms with Crippen LogP contribution in [0.4, 0.5) is 0 Å². The standard InChI is InChI=1S/C28H27N3O3/c1-34-26-17-15-20-9-5-8-14-23(20)24(26)19-30(21-10-6-7-11-21)28(33)25-16-18-27(32)31(29-25)22-12-3-2-4-13-22/h2-5,8-9,12-18,21H,6-7,10-11,19H2,1H3. The predicted molar refractivity (Wildman–Crippen MR) is 132 cm³/mol. The number of benzene rings is 3. The Balaban J connectivity index is 1.57. The number of nitrogens with zero attached hydrogens (tertiary/aromatic N) is 3. The molecule has 1 amide bonds. The minimum Gasteiger partial charge on any atom is -0.496 e. The van der Waals surface area contributed by atoms with Gasteiger partial charge in [-0.25, -0.2) is 0 Å². The zero-order valence-corrected chi connectivity index (χ0v) is 19.2. The Bertz CT molecular complexity index is 1370. The number of fused-ring (bicyclic) bond motifs is 1. The van der Waals surface area contributed by atoms with Crippen molar-refractivity contribution in [1.29, 1.82) is 0 Å². The molecule has 0 N–H and O–H groups in total. The van der Waals surface area contributed by atoms with E-state index < -0.39 is 0 Å². The van der Waals surface area contributed by atoms with Gasteiger partial charge in [-0.2, -0.15) is 9.78 Å². The molecule has 1 heterocycles. The minimum absolute atomic E-state index is 0.120. The second-order valence-corrected chi connectivity index (χ2v) is 8.64. The number of rotatable bonds is 6. The lowest BCUT2D eigenvalue weighted by atomic mass is 10.0. The fraction of sp³-hybridized carbons (Fsp3) is 0.250. The molecule has 5 rings (SSSR count). The highest BCUT2D eigenvalue weighted by Crippen LogP contribution is 2.33. The summed E-state index contributed by atoms with van der Waals surface area (Å²) in [6, 6.07) is 24.4. The van der Waals surface area contributed by atoms with Crippen molar-refractivity contribution in [3.63, 3.8) is 0 Å². The summed E-state index contributed by atoms with van der Waals surface area (Å²) in [6.45, 7) is 0.417. The highest BCUT2D eigenvalue weighted by Gasteiger charge is 2.30. The Morgan fingerprint density at radius 3 is 2.47 bits per heavy atom. The number of aromatic nitrogens is 2. The van der Waals surface area contributed by atoms with E-state index in [1.165, 1.54) is 16.8 Å². The van der Waals surface area contributed by atoms with Crippen LogP contribution < -0.4 is 10.3 Å². The number of hydrogen-bond donors (Lipinski definition) is 0. The third-order valence-electron chi connectivity index (χ3n) is 6.59. The van der Waals surface area contributed by atoms with E-state index in [9.17, 15) is 9.59 Å². The number of ether oxygens (including phenoxy) is 1. The number of carbonyl (C=O) groups excluding carboxylic acids is 1. The van der Waals surface area contributed by atoms with Crippen LogP contribution in [-0.2, 0) is 6.54 Å². The fourth-order valence-electron chi connectivity index (χ4n) is 4.85. The SMILES string of the molecule is COc1ccc2ccccc2c1CN(C(=O)c1ccc(=O)n(-c2ccccc2)n1)C1CCCC1. The normalized spacial score (nSPS) is 13.8. The molecule has 4 aromatic rings. The molecule has 0 spiro atoms. The van der Waals surface area contributed by atoms with E-state index in [1.54, 1.807) is 19.2 Å². The Labute approximate surface area is 198 Å². The molecule has 1 aromatic heterocycles. The van der Waals surface area contributed by atoms with Crippen LogP contribution in [0.25, 0.3) is 16.5 Å². The molecule has 0 unspecified atom stereocenters. The summed E-state index contributed by atoms with van der Waals surface area (Å²) in [6.07, 6.45) is 4.10. The van der Waals surface area contributed by atoms with Crippen molar-refractivity contribution in [1.82, 2.24) is 14.7 Å². The molecule has 1 saturated carbocycles. The van der Waals surface area contributed by atoms with Crippen LogP contribution in [0.15, 0.2) is 83.7 Å². The maximum Gasteiger partial charge on any atom is 0.274 e. The lowest BCUT2D eigenvalue weighted by Crippen LogP contribution is -2.39. The Morgan fingerprint density at radius 1 is 0.971 bits per heavy atom. The van der Waals surface area contributed by atoms with Crippen molar-refractivity contribution in [2.75, 3.05) is 7.11 Å². The molecule has 0 aliphatic heterocycles. The Kier molecular flexibility index (Phi) is 6.12. The first-order valence-electron chi connectivity index (χ1n) is 11.7. The second kappa shape index (κ2) is 9.51. The summed E-state index contributed by atoms with van der Waals surface area (Å²) < 4.78 is 6.99. The van der Waals surface area contributed by atoms with Crippen LogP contribution in [0.2, 0.25) is 0 Å². The summed E-state index contributed by atoms with van der Waals surface area (Å²) in [4.78, 5) is 28.3. The van der Waals surface area contributed by atoms with Gasteiger partial charge in [0.25, 0.3) is 11.5 Å². The van der Waals surface area contributed by atoms with E-state index in [2.05, 4.69) is 17.2 Å². The average Bonchev–Trinajstić information content (AvgIpc) is 3.42. The van der Waals surface area contributed by atoms with Gasteiger partial charge in [-0.15, -0.1) is 0 Å². The number of methoxy groups -OCH3 is 1. The zero-order valence-electron chi connectivity index (χ0n) is 19.2. The van der Waals surface area contributed by atoms with Gasteiger partial charge in [-0.3, -0.25) is 9.59 Å². The quantitative estimate of drug-likeness (QED) is 0.413. The van der Waals surface area contributed by atoms with Crippen LogP contribution in [-0.4, -0.2) is 33.7 Å². The van der Waals surface area contributed by atoms with Gasteiger partial charge < -0.3 is 9.64 Å². The molecule has 3 aromatic carbocycles. The Hall–Kier alpha value is -3.93. The number of amides is 1. The van der Waals surface area contributed by atoms with Crippen molar-refractivity contribution in [2.45, 2.75) is 38.3 Å². The molecule has 0 bridgehead atoms. The monoisotopic (exact) mass is 453 g/mol. The lowest BCUT2D eigenvalue weighted by Gasteiger charge is -2.30. The summed E-state index contributed by atoms with van der Waals surface area (Å²) >= 11 is 0. The molecule has 1 aliphatic rings. The van der Waals surface area contributed by atoms with Crippen molar-refractivity contribution in [3.05, 3.63) is 100 Å². The van der Waals surface area contributed by atoms with Gasteiger partial charge in [0.1, 0.15) is 11.4 Å². The van der Waals surface area contributed by atoms with Crippen molar-refractivity contribution in [2.24, 2.45) is 0 Å². The number of para-hydroxylation sites is 1. The maximum absolute atomic E-state index is 13.9. The third-order valence-corrected chi connectivity index (χ3v) is 6.59. The average molecular weight is 454 g/mol. The van der Waals surface area contributed by atoms with Gasteiger partial charge in [-0.05, 0) is 47.9 Å². The predicted octanol–water partition coefficient (Wildman–Crippen LogP) is 4.98. The van der Waals surface area contributed by atoms with Crippen molar-refractivity contribution in [3.8, 4) is 11.4 Å².